The van der Waals surface area contributed by atoms with Gasteiger partial charge in [-0.3, -0.25) is 0 Å². The molecule has 0 aromatic heterocycles. The fourth-order valence-electron chi connectivity index (χ4n) is 1.72. The lowest BCUT2D eigenvalue weighted by Gasteiger charge is -2.17. The van der Waals surface area contributed by atoms with Crippen LogP contribution in [-0.4, -0.2) is 6.10 Å². The average Bonchev–Trinajstić information content (AvgIpc) is 2.31. The number of rotatable bonds is 0. The average molecular weight is 146 g/mol. The topological polar surface area (TPSA) is 9.23 Å². The van der Waals surface area contributed by atoms with E-state index in [9.17, 15) is 0 Å². The molecule has 0 radical (unpaired) electrons. The molecule has 0 spiro atoms. The van der Waals surface area contributed by atoms with E-state index < -0.39 is 0 Å². The lowest BCUT2D eigenvalue weighted by Crippen LogP contribution is -2.09. The highest BCUT2D eigenvalue weighted by Gasteiger charge is 2.45. The Morgan fingerprint density at radius 3 is 2.00 bits per heavy atom. The Bertz CT molecular complexity index is 296. The van der Waals surface area contributed by atoms with Gasteiger partial charge in [0.1, 0.15) is 11.9 Å². The van der Waals surface area contributed by atoms with Crippen molar-refractivity contribution in [3.63, 3.8) is 0 Å². The summed E-state index contributed by atoms with van der Waals surface area (Å²) in [7, 11) is 0. The standard InChI is InChI=1S/C10H10O/c1-5-6(2)10-7(3)9(5)8(4)11-10/h9-10H,1-4H2. The molecule has 56 valence electrons. The van der Waals surface area contributed by atoms with Crippen molar-refractivity contribution in [3.05, 3.63) is 48.8 Å². The Hall–Kier alpha value is -1.24. The van der Waals surface area contributed by atoms with Crippen molar-refractivity contribution < 1.29 is 4.74 Å². The van der Waals surface area contributed by atoms with Crippen LogP contribution in [0.4, 0.5) is 0 Å². The molecule has 2 fully saturated rings. The Morgan fingerprint density at radius 2 is 1.64 bits per heavy atom. The summed E-state index contributed by atoms with van der Waals surface area (Å²) in [5.74, 6) is 0.921. The van der Waals surface area contributed by atoms with Crippen LogP contribution < -0.4 is 0 Å². The predicted molar refractivity (Wildman–Crippen MR) is 44.9 cm³/mol. The molecule has 2 aliphatic rings. The second kappa shape index (κ2) is 1.67. The summed E-state index contributed by atoms with van der Waals surface area (Å²) in [5.41, 5.74) is 3.04. The van der Waals surface area contributed by atoms with E-state index in [1.165, 1.54) is 0 Å². The van der Waals surface area contributed by atoms with Gasteiger partial charge in [0.2, 0.25) is 0 Å². The van der Waals surface area contributed by atoms with Crippen LogP contribution in [0.15, 0.2) is 48.8 Å². The van der Waals surface area contributed by atoms with Gasteiger partial charge >= 0.3 is 0 Å². The van der Waals surface area contributed by atoms with Crippen LogP contribution in [0.3, 0.4) is 0 Å². The molecule has 0 N–H and O–H groups in total. The van der Waals surface area contributed by atoms with Gasteiger partial charge in [0.15, 0.2) is 0 Å². The number of ether oxygens (including phenoxy) is 1. The van der Waals surface area contributed by atoms with Crippen LogP contribution in [0.1, 0.15) is 0 Å². The molecular formula is C10H10O. The number of fused-ring (bicyclic) bond motifs is 2. The molecular weight excluding hydrogens is 136 g/mol. The quantitative estimate of drug-likeness (QED) is 0.476. The van der Waals surface area contributed by atoms with Crippen LogP contribution in [0, 0.1) is 5.92 Å². The lowest BCUT2D eigenvalue weighted by atomic mass is 9.99. The van der Waals surface area contributed by atoms with E-state index in [1.807, 2.05) is 0 Å². The SMILES string of the molecule is C=C1C(=C)C2C(=C)OC1C2=C. The van der Waals surface area contributed by atoms with E-state index in [-0.39, 0.29) is 12.0 Å². The molecule has 1 heterocycles. The normalized spacial score (nSPS) is 34.9. The third kappa shape index (κ3) is 0.559. The smallest absolute Gasteiger partial charge is 0.145 e. The molecule has 1 heteroatoms. The molecule has 2 bridgehead atoms. The van der Waals surface area contributed by atoms with Crippen molar-refractivity contribution in [3.8, 4) is 0 Å². The number of allylic oxidation sites excluding steroid dienone is 1. The fourth-order valence-corrected chi connectivity index (χ4v) is 1.72. The van der Waals surface area contributed by atoms with E-state index >= 15 is 0 Å². The van der Waals surface area contributed by atoms with E-state index in [0.717, 1.165) is 22.5 Å². The van der Waals surface area contributed by atoms with Gasteiger partial charge in [-0.2, -0.15) is 0 Å². The second-order valence-corrected chi connectivity index (χ2v) is 3.02. The Morgan fingerprint density at radius 1 is 1.00 bits per heavy atom. The molecule has 0 aromatic rings. The molecule has 1 saturated heterocycles. The summed E-state index contributed by atoms with van der Waals surface area (Å²) < 4.78 is 5.40. The maximum atomic E-state index is 5.40. The van der Waals surface area contributed by atoms with Crippen LogP contribution in [0.25, 0.3) is 0 Å². The van der Waals surface area contributed by atoms with Crippen molar-refractivity contribution in [2.75, 3.05) is 0 Å². The molecule has 2 atom stereocenters. The first-order valence-corrected chi connectivity index (χ1v) is 3.55. The summed E-state index contributed by atoms with van der Waals surface area (Å²) in [4.78, 5) is 0. The van der Waals surface area contributed by atoms with E-state index in [2.05, 4.69) is 26.3 Å². The Labute approximate surface area is 66.4 Å². The van der Waals surface area contributed by atoms with E-state index in [0.29, 0.717) is 0 Å². The first kappa shape index (κ1) is 6.47. The highest BCUT2D eigenvalue weighted by molar-refractivity contribution is 5.56. The van der Waals surface area contributed by atoms with Crippen LogP contribution in [0.5, 0.6) is 0 Å². The minimum absolute atomic E-state index is 0.0278. The second-order valence-electron chi connectivity index (χ2n) is 3.02. The zero-order valence-electron chi connectivity index (χ0n) is 6.39. The molecule has 0 aromatic carbocycles. The van der Waals surface area contributed by atoms with Crippen LogP contribution >= 0.6 is 0 Å². The Kier molecular flexibility index (Phi) is 0.984. The summed E-state index contributed by atoms with van der Waals surface area (Å²) in [5, 5.41) is 0. The third-order valence-corrected chi connectivity index (χ3v) is 2.38. The highest BCUT2D eigenvalue weighted by atomic mass is 16.5. The number of hydrogen-bond donors (Lipinski definition) is 0. The third-order valence-electron chi connectivity index (χ3n) is 2.38. The van der Waals surface area contributed by atoms with Gasteiger partial charge in [0.05, 0.1) is 5.92 Å². The molecule has 11 heavy (non-hydrogen) atoms. The van der Waals surface area contributed by atoms with Gasteiger partial charge in [-0.25, -0.2) is 0 Å². The summed E-state index contributed by atoms with van der Waals surface area (Å²) >= 11 is 0. The van der Waals surface area contributed by atoms with E-state index in [1.54, 1.807) is 0 Å². The molecule has 0 amide bonds. The molecule has 1 nitrogen and oxygen atoms in total. The van der Waals surface area contributed by atoms with Crippen molar-refractivity contribution in [1.82, 2.24) is 0 Å². The fraction of sp³-hybridized carbons (Fsp3) is 0.200. The summed E-state index contributed by atoms with van der Waals surface area (Å²) in [6.45, 7) is 15.5. The zero-order chi connectivity index (χ0) is 8.17. The predicted octanol–water partition coefficient (Wildman–Crippen LogP) is 2.20. The van der Waals surface area contributed by atoms with Crippen molar-refractivity contribution in [2.24, 2.45) is 5.92 Å². The molecule has 1 aliphatic heterocycles. The molecule has 1 aliphatic carbocycles. The highest BCUT2D eigenvalue weighted by Crippen LogP contribution is 2.50. The maximum Gasteiger partial charge on any atom is 0.145 e. The number of hydrogen-bond acceptors (Lipinski definition) is 1. The van der Waals surface area contributed by atoms with Gasteiger partial charge in [0.25, 0.3) is 0 Å². The molecule has 2 unspecified atom stereocenters. The van der Waals surface area contributed by atoms with E-state index in [4.69, 9.17) is 4.74 Å². The lowest BCUT2D eigenvalue weighted by molar-refractivity contribution is 0.199. The zero-order valence-corrected chi connectivity index (χ0v) is 6.39. The van der Waals surface area contributed by atoms with Crippen molar-refractivity contribution in [1.29, 1.82) is 0 Å². The van der Waals surface area contributed by atoms with Gasteiger partial charge in [0, 0.05) is 0 Å². The van der Waals surface area contributed by atoms with Gasteiger partial charge in [-0.05, 0) is 16.7 Å². The Balaban J connectivity index is 2.54. The van der Waals surface area contributed by atoms with Gasteiger partial charge in [-0.1, -0.05) is 26.3 Å². The minimum atomic E-state index is -0.0278. The van der Waals surface area contributed by atoms with Crippen molar-refractivity contribution in [2.45, 2.75) is 6.10 Å². The molecule has 1 saturated carbocycles. The van der Waals surface area contributed by atoms with Gasteiger partial charge < -0.3 is 4.74 Å². The largest absolute Gasteiger partial charge is 0.485 e. The van der Waals surface area contributed by atoms with Gasteiger partial charge in [-0.15, -0.1) is 0 Å². The monoisotopic (exact) mass is 146 g/mol. The first-order chi connectivity index (χ1) is 5.13. The first-order valence-electron chi connectivity index (χ1n) is 3.55. The van der Waals surface area contributed by atoms with Crippen LogP contribution in [-0.2, 0) is 4.74 Å². The van der Waals surface area contributed by atoms with Crippen molar-refractivity contribution >= 4 is 0 Å². The maximum absolute atomic E-state index is 5.40. The van der Waals surface area contributed by atoms with Crippen LogP contribution in [0.2, 0.25) is 0 Å². The minimum Gasteiger partial charge on any atom is -0.485 e. The summed E-state index contributed by atoms with van der Waals surface area (Å²) in [6, 6.07) is 0. The summed E-state index contributed by atoms with van der Waals surface area (Å²) in [6.07, 6.45) is -0.0278. The molecule has 2 rings (SSSR count).